The molecule has 1 aliphatic rings. The van der Waals surface area contributed by atoms with Crippen molar-refractivity contribution in [2.24, 2.45) is 0 Å². The fraction of sp³-hybridized carbons (Fsp3) is 0.857. The van der Waals surface area contributed by atoms with E-state index in [-0.39, 0.29) is 6.04 Å². The van der Waals surface area contributed by atoms with Crippen molar-refractivity contribution in [1.29, 1.82) is 0 Å². The van der Waals surface area contributed by atoms with Gasteiger partial charge in [0.1, 0.15) is 0 Å². The minimum absolute atomic E-state index is 0.0581. The number of aliphatic carboxylic acids is 1. The molecule has 1 atom stereocenters. The molecule has 1 aliphatic carbocycles. The molecule has 88 valence electrons. The van der Waals surface area contributed by atoms with Crippen molar-refractivity contribution in [2.75, 3.05) is 6.54 Å². The molecule has 1 unspecified atom stereocenters. The van der Waals surface area contributed by atoms with Crippen LogP contribution < -0.4 is 9.44 Å². The van der Waals surface area contributed by atoms with Crippen LogP contribution in [-0.4, -0.2) is 42.8 Å². The zero-order valence-electron chi connectivity index (χ0n) is 8.23. The summed E-state index contributed by atoms with van der Waals surface area (Å²) in [6.45, 7) is 0.458. The lowest BCUT2D eigenvalue weighted by atomic mass is 10.1. The molecule has 4 N–H and O–H groups in total. The van der Waals surface area contributed by atoms with Crippen LogP contribution in [0.2, 0.25) is 0 Å². The third-order valence-corrected chi connectivity index (χ3v) is 3.13. The number of rotatable bonds is 6. The monoisotopic (exact) mass is 238 g/mol. The highest BCUT2D eigenvalue weighted by Gasteiger charge is 2.33. The van der Waals surface area contributed by atoms with Gasteiger partial charge >= 0.3 is 5.97 Å². The Morgan fingerprint density at radius 2 is 2.07 bits per heavy atom. The zero-order chi connectivity index (χ0) is 11.7. The van der Waals surface area contributed by atoms with Gasteiger partial charge in [0.15, 0.2) is 5.60 Å². The fourth-order valence-electron chi connectivity index (χ4n) is 0.773. The highest BCUT2D eigenvalue weighted by atomic mass is 32.2. The highest BCUT2D eigenvalue weighted by molar-refractivity contribution is 7.87. The normalized spacial score (nSPS) is 20.9. The largest absolute Gasteiger partial charge is 0.479 e. The standard InChI is InChI=1S/C7H14N2O5S/c1-7(12,6(10)11)4-8-15(13,14)9-5-2-3-5/h5,8-9,12H,2-4H2,1H3,(H,10,11). The van der Waals surface area contributed by atoms with Gasteiger partial charge in [-0.25, -0.2) is 4.79 Å². The molecule has 1 rings (SSSR count). The number of nitrogens with one attached hydrogen (secondary N) is 2. The molecule has 0 bridgehead atoms. The van der Waals surface area contributed by atoms with Crippen LogP contribution in [0.3, 0.4) is 0 Å². The van der Waals surface area contributed by atoms with E-state index in [0.717, 1.165) is 19.8 Å². The Labute approximate surface area is 87.7 Å². The molecule has 7 nitrogen and oxygen atoms in total. The van der Waals surface area contributed by atoms with Gasteiger partial charge in [-0.15, -0.1) is 0 Å². The van der Waals surface area contributed by atoms with Gasteiger partial charge in [-0.1, -0.05) is 0 Å². The molecular weight excluding hydrogens is 224 g/mol. The molecular formula is C7H14N2O5S. The summed E-state index contributed by atoms with van der Waals surface area (Å²) in [5.74, 6) is -1.48. The third-order valence-electron chi connectivity index (χ3n) is 1.97. The summed E-state index contributed by atoms with van der Waals surface area (Å²) in [5.41, 5.74) is -2.10. The Morgan fingerprint density at radius 3 is 2.47 bits per heavy atom. The van der Waals surface area contributed by atoms with Gasteiger partial charge in [-0.2, -0.15) is 17.9 Å². The average molecular weight is 238 g/mol. The summed E-state index contributed by atoms with van der Waals surface area (Å²) in [6, 6.07) is -0.0581. The molecule has 0 aromatic rings. The van der Waals surface area contributed by atoms with Crippen LogP contribution in [0.25, 0.3) is 0 Å². The minimum Gasteiger partial charge on any atom is -0.479 e. The van der Waals surface area contributed by atoms with Crippen molar-refractivity contribution in [3.8, 4) is 0 Å². The van der Waals surface area contributed by atoms with Crippen molar-refractivity contribution in [3.63, 3.8) is 0 Å². The number of hydrogen-bond acceptors (Lipinski definition) is 4. The first-order chi connectivity index (χ1) is 6.73. The summed E-state index contributed by atoms with van der Waals surface area (Å²) >= 11 is 0. The summed E-state index contributed by atoms with van der Waals surface area (Å²) in [5, 5.41) is 17.8. The Morgan fingerprint density at radius 1 is 1.53 bits per heavy atom. The second kappa shape index (κ2) is 4.05. The van der Waals surface area contributed by atoms with Gasteiger partial charge in [0.25, 0.3) is 10.2 Å². The second-order valence-electron chi connectivity index (χ2n) is 3.80. The Bertz CT molecular complexity index is 346. The lowest BCUT2D eigenvalue weighted by Crippen LogP contribution is -2.49. The smallest absolute Gasteiger partial charge is 0.336 e. The molecule has 0 heterocycles. The predicted molar refractivity (Wildman–Crippen MR) is 51.3 cm³/mol. The molecule has 8 heteroatoms. The Hall–Kier alpha value is -0.700. The minimum atomic E-state index is -3.71. The molecule has 15 heavy (non-hydrogen) atoms. The van der Waals surface area contributed by atoms with Crippen LogP contribution in [0.15, 0.2) is 0 Å². The molecule has 1 saturated carbocycles. The van der Waals surface area contributed by atoms with E-state index in [4.69, 9.17) is 5.11 Å². The van der Waals surface area contributed by atoms with Crippen molar-refractivity contribution in [2.45, 2.75) is 31.4 Å². The Kier molecular flexibility index (Phi) is 3.34. The van der Waals surface area contributed by atoms with Crippen LogP contribution in [0, 0.1) is 0 Å². The van der Waals surface area contributed by atoms with Gasteiger partial charge in [-0.05, 0) is 19.8 Å². The Balaban J connectivity index is 2.44. The summed E-state index contributed by atoms with van der Waals surface area (Å²) in [7, 11) is -3.71. The number of hydrogen-bond donors (Lipinski definition) is 4. The van der Waals surface area contributed by atoms with Gasteiger partial charge in [0, 0.05) is 6.04 Å². The highest BCUT2D eigenvalue weighted by Crippen LogP contribution is 2.19. The molecule has 0 radical (unpaired) electrons. The van der Waals surface area contributed by atoms with E-state index < -0.39 is 28.3 Å². The van der Waals surface area contributed by atoms with Crippen molar-refractivity contribution >= 4 is 16.2 Å². The quantitative estimate of drug-likeness (QED) is 0.445. The number of carboxylic acid groups (broad SMARTS) is 1. The summed E-state index contributed by atoms with van der Waals surface area (Å²) in [6.07, 6.45) is 1.58. The van der Waals surface area contributed by atoms with E-state index in [1.54, 1.807) is 0 Å². The van der Waals surface area contributed by atoms with Crippen molar-refractivity contribution in [1.82, 2.24) is 9.44 Å². The van der Waals surface area contributed by atoms with Crippen molar-refractivity contribution in [3.05, 3.63) is 0 Å². The summed E-state index contributed by atoms with van der Waals surface area (Å²) in [4.78, 5) is 10.5. The third kappa shape index (κ3) is 4.12. The van der Waals surface area contributed by atoms with E-state index in [1.165, 1.54) is 0 Å². The van der Waals surface area contributed by atoms with Gasteiger partial charge in [0.2, 0.25) is 0 Å². The molecule has 0 spiro atoms. The average Bonchev–Trinajstić information content (AvgIpc) is 2.84. The maximum absolute atomic E-state index is 11.2. The number of carbonyl (C=O) groups is 1. The molecule has 1 fully saturated rings. The number of aliphatic hydroxyl groups is 1. The van der Waals surface area contributed by atoms with E-state index in [1.807, 2.05) is 4.72 Å². The molecule has 0 amide bonds. The van der Waals surface area contributed by atoms with Gasteiger partial charge in [0.05, 0.1) is 6.54 Å². The first kappa shape index (κ1) is 12.4. The SMILES string of the molecule is CC(O)(CNS(=O)(=O)NC1CC1)C(=O)O. The second-order valence-corrected chi connectivity index (χ2v) is 5.33. The van der Waals surface area contributed by atoms with Crippen LogP contribution in [0.4, 0.5) is 0 Å². The molecule has 0 aromatic carbocycles. The lowest BCUT2D eigenvalue weighted by Gasteiger charge is -2.18. The van der Waals surface area contributed by atoms with Gasteiger partial charge < -0.3 is 10.2 Å². The maximum atomic E-state index is 11.2. The molecule has 0 aromatic heterocycles. The van der Waals surface area contributed by atoms with Gasteiger partial charge in [-0.3, -0.25) is 0 Å². The van der Waals surface area contributed by atoms with Crippen LogP contribution >= 0.6 is 0 Å². The van der Waals surface area contributed by atoms with E-state index >= 15 is 0 Å². The predicted octanol–water partition coefficient (Wildman–Crippen LogP) is -1.59. The lowest BCUT2D eigenvalue weighted by molar-refractivity contribution is -0.155. The summed E-state index contributed by atoms with van der Waals surface area (Å²) < 4.78 is 26.7. The topological polar surface area (TPSA) is 116 Å². The van der Waals surface area contributed by atoms with E-state index in [9.17, 15) is 18.3 Å². The first-order valence-electron chi connectivity index (χ1n) is 4.46. The van der Waals surface area contributed by atoms with Crippen molar-refractivity contribution < 1.29 is 23.4 Å². The van der Waals surface area contributed by atoms with Crippen LogP contribution in [0.1, 0.15) is 19.8 Å². The fourth-order valence-corrected chi connectivity index (χ4v) is 2.00. The molecule has 0 saturated heterocycles. The van der Waals surface area contributed by atoms with Crippen LogP contribution in [0.5, 0.6) is 0 Å². The first-order valence-corrected chi connectivity index (χ1v) is 5.94. The molecule has 0 aliphatic heterocycles. The van der Waals surface area contributed by atoms with E-state index in [0.29, 0.717) is 0 Å². The zero-order valence-corrected chi connectivity index (χ0v) is 9.04. The van der Waals surface area contributed by atoms with E-state index in [2.05, 4.69) is 4.72 Å². The van der Waals surface area contributed by atoms with Crippen LogP contribution in [-0.2, 0) is 15.0 Å². The maximum Gasteiger partial charge on any atom is 0.336 e. The number of carboxylic acids is 1.